The first-order chi connectivity index (χ1) is 9.90. The number of amides is 1. The van der Waals surface area contributed by atoms with E-state index in [4.69, 9.17) is 0 Å². The van der Waals surface area contributed by atoms with Crippen molar-refractivity contribution in [1.29, 1.82) is 0 Å². The first-order valence-electron chi connectivity index (χ1n) is 7.06. The Balaban J connectivity index is 1.98. The lowest BCUT2D eigenvalue weighted by Gasteiger charge is -2.40. The summed E-state index contributed by atoms with van der Waals surface area (Å²) in [5, 5.41) is 35.1. The second-order valence-electron chi connectivity index (χ2n) is 5.60. The molecule has 0 bridgehead atoms. The summed E-state index contributed by atoms with van der Waals surface area (Å²) in [6, 6.07) is 6.43. The van der Waals surface area contributed by atoms with Crippen LogP contribution in [0.25, 0.3) is 0 Å². The quantitative estimate of drug-likeness (QED) is 0.530. The largest absolute Gasteiger partial charge is 0.389 e. The summed E-state index contributed by atoms with van der Waals surface area (Å²) in [7, 11) is 0. The number of aryl methyl sites for hydroxylation is 1. The van der Waals surface area contributed by atoms with E-state index in [1.165, 1.54) is 0 Å². The standard InChI is InChI=1S/C15H22N2O4/c1-8-5-3-4-6-10(8)17-12(18)7-11-14(20)15(21)13(19)9(2)16-11/h3-6,9,11,13-16,19-21H,7H2,1-2H3,(H,17,18)/t9-,11+,13+,14+,15+/m0/s1. The van der Waals surface area contributed by atoms with Crippen molar-refractivity contribution in [1.82, 2.24) is 5.32 Å². The minimum absolute atomic E-state index is 0.0175. The third-order valence-electron chi connectivity index (χ3n) is 3.93. The maximum absolute atomic E-state index is 12.1. The SMILES string of the molecule is Cc1ccccc1NC(=O)C[C@H]1N[C@@H](C)[C@@H](O)[C@@H](O)[C@@H]1O. The first kappa shape index (κ1) is 15.9. The smallest absolute Gasteiger partial charge is 0.226 e. The Morgan fingerprint density at radius 1 is 1.19 bits per heavy atom. The highest BCUT2D eigenvalue weighted by atomic mass is 16.4. The number of anilines is 1. The second-order valence-corrected chi connectivity index (χ2v) is 5.60. The molecule has 1 heterocycles. The van der Waals surface area contributed by atoms with Crippen LogP contribution in [0, 0.1) is 6.92 Å². The Bertz CT molecular complexity index is 508. The molecule has 2 rings (SSSR count). The summed E-state index contributed by atoms with van der Waals surface area (Å²) in [6.45, 7) is 3.59. The Kier molecular flexibility index (Phi) is 4.95. The fraction of sp³-hybridized carbons (Fsp3) is 0.533. The van der Waals surface area contributed by atoms with Crippen molar-refractivity contribution < 1.29 is 20.1 Å². The number of hydrogen-bond acceptors (Lipinski definition) is 5. The number of carbonyl (C=O) groups is 1. The highest BCUT2D eigenvalue weighted by Gasteiger charge is 2.40. The summed E-state index contributed by atoms with van der Waals surface area (Å²) in [5.74, 6) is -0.253. The van der Waals surface area contributed by atoms with E-state index in [-0.39, 0.29) is 18.4 Å². The molecule has 1 aromatic carbocycles. The molecule has 0 unspecified atom stereocenters. The fourth-order valence-electron chi connectivity index (χ4n) is 2.56. The molecule has 5 atom stereocenters. The Labute approximate surface area is 123 Å². The summed E-state index contributed by atoms with van der Waals surface area (Å²) in [6.07, 6.45) is -3.46. The van der Waals surface area contributed by atoms with Crippen molar-refractivity contribution in [3.05, 3.63) is 29.8 Å². The zero-order valence-corrected chi connectivity index (χ0v) is 12.2. The Morgan fingerprint density at radius 3 is 2.52 bits per heavy atom. The zero-order chi connectivity index (χ0) is 15.6. The highest BCUT2D eigenvalue weighted by Crippen LogP contribution is 2.19. The molecule has 116 valence electrons. The van der Waals surface area contributed by atoms with Crippen LogP contribution in [-0.2, 0) is 4.79 Å². The number of aliphatic hydroxyl groups excluding tert-OH is 3. The number of benzene rings is 1. The molecule has 0 spiro atoms. The van der Waals surface area contributed by atoms with Crippen molar-refractivity contribution in [3.8, 4) is 0 Å². The molecule has 1 aliphatic heterocycles. The van der Waals surface area contributed by atoms with Crippen LogP contribution in [0.4, 0.5) is 5.69 Å². The van der Waals surface area contributed by atoms with Gasteiger partial charge < -0.3 is 26.0 Å². The molecule has 1 saturated heterocycles. The van der Waals surface area contributed by atoms with Crippen molar-refractivity contribution in [2.75, 3.05) is 5.32 Å². The second kappa shape index (κ2) is 6.53. The van der Waals surface area contributed by atoms with Gasteiger partial charge in [-0.3, -0.25) is 4.79 Å². The van der Waals surface area contributed by atoms with Crippen LogP contribution in [0.15, 0.2) is 24.3 Å². The Hall–Kier alpha value is -1.47. The highest BCUT2D eigenvalue weighted by molar-refractivity contribution is 5.91. The van der Waals surface area contributed by atoms with Gasteiger partial charge >= 0.3 is 0 Å². The Morgan fingerprint density at radius 2 is 1.86 bits per heavy atom. The molecule has 1 amide bonds. The fourth-order valence-corrected chi connectivity index (χ4v) is 2.56. The summed E-state index contributed by atoms with van der Waals surface area (Å²) >= 11 is 0. The number of carbonyl (C=O) groups excluding carboxylic acids is 1. The van der Waals surface area contributed by atoms with E-state index in [0.717, 1.165) is 11.3 Å². The lowest BCUT2D eigenvalue weighted by Crippen LogP contribution is -2.64. The summed E-state index contributed by atoms with van der Waals surface area (Å²) in [4.78, 5) is 12.1. The van der Waals surface area contributed by atoms with Gasteiger partial charge in [0, 0.05) is 24.2 Å². The van der Waals surface area contributed by atoms with Crippen molar-refractivity contribution in [2.45, 2.75) is 50.7 Å². The molecule has 0 radical (unpaired) electrons. The molecule has 1 fully saturated rings. The van der Waals surface area contributed by atoms with Gasteiger partial charge in [0.2, 0.25) is 5.91 Å². The van der Waals surface area contributed by atoms with Gasteiger partial charge in [0.15, 0.2) is 0 Å². The molecular formula is C15H22N2O4. The third-order valence-corrected chi connectivity index (χ3v) is 3.93. The van der Waals surface area contributed by atoms with Gasteiger partial charge in [-0.05, 0) is 25.5 Å². The number of aliphatic hydroxyl groups is 3. The molecule has 21 heavy (non-hydrogen) atoms. The molecule has 0 aromatic heterocycles. The van der Waals surface area contributed by atoms with Gasteiger partial charge in [-0.15, -0.1) is 0 Å². The first-order valence-corrected chi connectivity index (χ1v) is 7.06. The van der Waals surface area contributed by atoms with E-state index in [1.54, 1.807) is 13.0 Å². The van der Waals surface area contributed by atoms with Crippen LogP contribution in [-0.4, -0.2) is 51.6 Å². The van der Waals surface area contributed by atoms with Crippen molar-refractivity contribution in [2.24, 2.45) is 0 Å². The van der Waals surface area contributed by atoms with Gasteiger partial charge in [-0.25, -0.2) is 0 Å². The average molecular weight is 294 g/mol. The van der Waals surface area contributed by atoms with E-state index in [1.807, 2.05) is 25.1 Å². The maximum atomic E-state index is 12.1. The van der Waals surface area contributed by atoms with Gasteiger partial charge in [-0.1, -0.05) is 18.2 Å². The van der Waals surface area contributed by atoms with Crippen LogP contribution in [0.3, 0.4) is 0 Å². The van der Waals surface area contributed by atoms with Crippen LogP contribution in [0.5, 0.6) is 0 Å². The molecule has 0 saturated carbocycles. The minimum atomic E-state index is -1.25. The lowest BCUT2D eigenvalue weighted by molar-refractivity contribution is -0.126. The number of para-hydroxylation sites is 1. The zero-order valence-electron chi connectivity index (χ0n) is 12.2. The van der Waals surface area contributed by atoms with Crippen LogP contribution in [0.2, 0.25) is 0 Å². The van der Waals surface area contributed by atoms with E-state index in [2.05, 4.69) is 10.6 Å². The number of hydrogen-bond donors (Lipinski definition) is 5. The van der Waals surface area contributed by atoms with Gasteiger partial charge in [0.25, 0.3) is 0 Å². The third kappa shape index (κ3) is 3.59. The van der Waals surface area contributed by atoms with Gasteiger partial charge in [0.1, 0.15) is 6.10 Å². The van der Waals surface area contributed by atoms with E-state index < -0.39 is 24.4 Å². The van der Waals surface area contributed by atoms with E-state index in [9.17, 15) is 20.1 Å². The molecule has 1 aromatic rings. The van der Waals surface area contributed by atoms with Crippen LogP contribution in [0.1, 0.15) is 18.9 Å². The topological polar surface area (TPSA) is 102 Å². The predicted octanol–water partition coefficient (Wildman–Crippen LogP) is -0.233. The normalized spacial score (nSPS) is 32.7. The maximum Gasteiger partial charge on any atom is 0.226 e. The lowest BCUT2D eigenvalue weighted by atomic mass is 9.89. The monoisotopic (exact) mass is 294 g/mol. The summed E-state index contributed by atoms with van der Waals surface area (Å²) < 4.78 is 0. The minimum Gasteiger partial charge on any atom is -0.389 e. The average Bonchev–Trinajstić information content (AvgIpc) is 2.45. The molecular weight excluding hydrogens is 272 g/mol. The molecule has 0 aliphatic carbocycles. The van der Waals surface area contributed by atoms with Gasteiger partial charge in [-0.2, -0.15) is 0 Å². The number of rotatable bonds is 3. The van der Waals surface area contributed by atoms with Crippen LogP contribution >= 0.6 is 0 Å². The molecule has 6 nitrogen and oxygen atoms in total. The predicted molar refractivity (Wildman–Crippen MR) is 78.8 cm³/mol. The van der Waals surface area contributed by atoms with E-state index >= 15 is 0 Å². The van der Waals surface area contributed by atoms with Gasteiger partial charge in [0.05, 0.1) is 12.2 Å². The van der Waals surface area contributed by atoms with Crippen LogP contribution < -0.4 is 10.6 Å². The summed E-state index contributed by atoms with van der Waals surface area (Å²) in [5.41, 5.74) is 1.67. The molecule has 1 aliphatic rings. The van der Waals surface area contributed by atoms with E-state index in [0.29, 0.717) is 0 Å². The molecule has 5 N–H and O–H groups in total. The molecule has 6 heteroatoms. The van der Waals surface area contributed by atoms with Crippen molar-refractivity contribution in [3.63, 3.8) is 0 Å². The van der Waals surface area contributed by atoms with Crippen molar-refractivity contribution >= 4 is 11.6 Å². The number of piperidine rings is 1. The number of nitrogens with one attached hydrogen (secondary N) is 2.